The molecule has 1 aromatic heterocycles. The number of aromatic amines is 1. The van der Waals surface area contributed by atoms with Crippen LogP contribution in [0, 0.1) is 5.82 Å². The highest BCUT2D eigenvalue weighted by Crippen LogP contribution is 2.29. The molecule has 3 N–H and O–H groups in total. The van der Waals surface area contributed by atoms with Gasteiger partial charge in [-0.1, -0.05) is 19.1 Å². The first-order valence-corrected chi connectivity index (χ1v) is 9.96. The molecule has 3 aromatic rings. The monoisotopic (exact) mass is 403 g/mol. The van der Waals surface area contributed by atoms with Crippen molar-refractivity contribution in [3.8, 4) is 11.3 Å². The summed E-state index contributed by atoms with van der Waals surface area (Å²) >= 11 is 0. The number of hydrogen-bond donors (Lipinski definition) is 2. The lowest BCUT2D eigenvalue weighted by molar-refractivity contribution is -0.147. The van der Waals surface area contributed by atoms with Gasteiger partial charge < -0.3 is 4.74 Å². The Labute approximate surface area is 161 Å². The number of benzene rings is 2. The van der Waals surface area contributed by atoms with E-state index in [2.05, 4.69) is 10.2 Å². The molecular formula is C19H18FN3O4S. The summed E-state index contributed by atoms with van der Waals surface area (Å²) in [4.78, 5) is 11.8. The molecule has 1 atom stereocenters. The number of sulfonamides is 1. The highest BCUT2D eigenvalue weighted by molar-refractivity contribution is 7.89. The van der Waals surface area contributed by atoms with Crippen LogP contribution in [0.5, 0.6) is 0 Å². The fourth-order valence-electron chi connectivity index (χ4n) is 2.60. The Kier molecular flexibility index (Phi) is 5.57. The number of ether oxygens (including phenoxy) is 1. The average molecular weight is 403 g/mol. The van der Waals surface area contributed by atoms with Gasteiger partial charge in [-0.3, -0.25) is 9.89 Å². The first-order valence-electron chi connectivity index (χ1n) is 8.41. The largest absolute Gasteiger partial charge is 0.451 e. The molecule has 1 unspecified atom stereocenters. The predicted molar refractivity (Wildman–Crippen MR) is 100 cm³/mol. The van der Waals surface area contributed by atoms with Gasteiger partial charge in [0.15, 0.2) is 6.10 Å². The molecule has 0 saturated heterocycles. The molecule has 7 nitrogen and oxygen atoms in total. The third kappa shape index (κ3) is 4.44. The number of halogens is 1. The second kappa shape index (κ2) is 7.91. The zero-order valence-electron chi connectivity index (χ0n) is 14.9. The van der Waals surface area contributed by atoms with Gasteiger partial charge in [-0.15, -0.1) is 0 Å². The van der Waals surface area contributed by atoms with Gasteiger partial charge in [0.25, 0.3) is 0 Å². The van der Waals surface area contributed by atoms with Crippen molar-refractivity contribution in [1.29, 1.82) is 0 Å². The normalized spacial score (nSPS) is 12.5. The molecule has 1 heterocycles. The molecule has 0 bridgehead atoms. The summed E-state index contributed by atoms with van der Waals surface area (Å²) in [5.74, 6) is -0.792. The summed E-state index contributed by atoms with van der Waals surface area (Å²) in [5, 5.41) is 12.2. The average Bonchev–Trinajstić information content (AvgIpc) is 3.15. The molecule has 146 valence electrons. The van der Waals surface area contributed by atoms with Crippen LogP contribution < -0.4 is 5.14 Å². The van der Waals surface area contributed by atoms with Gasteiger partial charge in [-0.25, -0.2) is 17.9 Å². The quantitative estimate of drug-likeness (QED) is 0.614. The van der Waals surface area contributed by atoms with Crippen molar-refractivity contribution in [3.63, 3.8) is 0 Å². The Balaban J connectivity index is 1.96. The van der Waals surface area contributed by atoms with E-state index in [1.807, 2.05) is 0 Å². The Morgan fingerprint density at radius 1 is 1.18 bits per heavy atom. The van der Waals surface area contributed by atoms with Crippen molar-refractivity contribution in [1.82, 2.24) is 10.2 Å². The first-order chi connectivity index (χ1) is 13.3. The molecule has 0 aliphatic heterocycles. The fraction of sp³-hybridized carbons (Fsp3) is 0.158. The van der Waals surface area contributed by atoms with Crippen LogP contribution in [-0.4, -0.2) is 24.6 Å². The highest BCUT2D eigenvalue weighted by Gasteiger charge is 2.22. The number of aromatic nitrogens is 2. The van der Waals surface area contributed by atoms with Crippen LogP contribution in [0.25, 0.3) is 11.3 Å². The van der Waals surface area contributed by atoms with E-state index in [0.717, 1.165) is 0 Å². The van der Waals surface area contributed by atoms with E-state index in [0.29, 0.717) is 22.5 Å². The van der Waals surface area contributed by atoms with Gasteiger partial charge >= 0.3 is 5.97 Å². The van der Waals surface area contributed by atoms with E-state index >= 15 is 0 Å². The third-order valence-corrected chi connectivity index (χ3v) is 5.00. The lowest BCUT2D eigenvalue weighted by Gasteiger charge is -2.16. The van der Waals surface area contributed by atoms with E-state index in [9.17, 15) is 17.6 Å². The lowest BCUT2D eigenvalue weighted by atomic mass is 10.1. The van der Waals surface area contributed by atoms with E-state index < -0.39 is 22.1 Å². The lowest BCUT2D eigenvalue weighted by Crippen LogP contribution is -2.14. The van der Waals surface area contributed by atoms with Crippen molar-refractivity contribution < 1.29 is 22.3 Å². The summed E-state index contributed by atoms with van der Waals surface area (Å²) in [6.45, 7) is 1.66. The molecular weight excluding hydrogens is 385 g/mol. The van der Waals surface area contributed by atoms with Crippen LogP contribution in [0.1, 0.15) is 30.7 Å². The number of carbonyl (C=O) groups excluding carboxylic acids is 1. The topological polar surface area (TPSA) is 115 Å². The minimum atomic E-state index is -3.83. The molecule has 9 heteroatoms. The van der Waals surface area contributed by atoms with Crippen molar-refractivity contribution in [2.24, 2.45) is 5.14 Å². The maximum Gasteiger partial charge on any atom is 0.306 e. The maximum absolute atomic E-state index is 13.1. The van der Waals surface area contributed by atoms with Crippen LogP contribution in [0.3, 0.4) is 0 Å². The summed E-state index contributed by atoms with van der Waals surface area (Å²) in [6, 6.07) is 13.2. The molecule has 0 amide bonds. The predicted octanol–water partition coefficient (Wildman–Crippen LogP) is 2.91. The number of nitrogens with two attached hydrogens (primary N) is 1. The second-order valence-corrected chi connectivity index (χ2v) is 7.61. The number of nitrogens with zero attached hydrogens (tertiary/aromatic N) is 1. The molecule has 0 saturated carbocycles. The summed E-state index contributed by atoms with van der Waals surface area (Å²) in [5.41, 5.74) is 2.29. The van der Waals surface area contributed by atoms with Crippen molar-refractivity contribution in [3.05, 3.63) is 71.7 Å². The van der Waals surface area contributed by atoms with Crippen molar-refractivity contribution >= 4 is 16.0 Å². The zero-order chi connectivity index (χ0) is 20.3. The number of nitrogens with one attached hydrogen (secondary N) is 1. The van der Waals surface area contributed by atoms with Crippen LogP contribution in [0.4, 0.5) is 4.39 Å². The summed E-state index contributed by atoms with van der Waals surface area (Å²) < 4.78 is 41.5. The standard InChI is InChI=1S/C19H18FN3O4S/c1-2-18(24)27-19(13-5-9-15(10-6-13)28(21,25)26)17-11-16(22-23-17)12-3-7-14(20)8-4-12/h3-11,19H,2H2,1H3,(H,22,23)(H2,21,25,26). The van der Waals surface area contributed by atoms with Crippen LogP contribution >= 0.6 is 0 Å². The van der Waals surface area contributed by atoms with Gasteiger partial charge in [0, 0.05) is 6.42 Å². The number of H-pyrrole nitrogens is 1. The van der Waals surface area contributed by atoms with Crippen LogP contribution in [-0.2, 0) is 19.6 Å². The molecule has 0 aliphatic rings. The van der Waals surface area contributed by atoms with E-state index in [-0.39, 0.29) is 17.1 Å². The minimum Gasteiger partial charge on any atom is -0.451 e. The van der Waals surface area contributed by atoms with Gasteiger partial charge in [-0.05, 0) is 53.6 Å². The van der Waals surface area contributed by atoms with Crippen molar-refractivity contribution in [2.75, 3.05) is 0 Å². The molecule has 0 aliphatic carbocycles. The number of carbonyl (C=O) groups is 1. The Morgan fingerprint density at radius 3 is 2.39 bits per heavy atom. The molecule has 0 radical (unpaired) electrons. The molecule has 2 aromatic carbocycles. The van der Waals surface area contributed by atoms with E-state index in [1.54, 1.807) is 25.1 Å². The SMILES string of the molecule is CCC(=O)OC(c1ccc(S(N)(=O)=O)cc1)c1cc(-c2ccc(F)cc2)[nH]n1. The first kappa shape index (κ1) is 19.7. The molecule has 3 rings (SSSR count). The zero-order valence-corrected chi connectivity index (χ0v) is 15.7. The Hall–Kier alpha value is -3.04. The molecule has 0 fully saturated rings. The number of esters is 1. The maximum atomic E-state index is 13.1. The second-order valence-electron chi connectivity index (χ2n) is 6.05. The third-order valence-electron chi connectivity index (χ3n) is 4.07. The molecule has 0 spiro atoms. The van der Waals surface area contributed by atoms with Gasteiger partial charge in [0.2, 0.25) is 10.0 Å². The Bertz CT molecular complexity index is 1080. The van der Waals surface area contributed by atoms with Crippen LogP contribution in [0.2, 0.25) is 0 Å². The van der Waals surface area contributed by atoms with Gasteiger partial charge in [0.05, 0.1) is 10.6 Å². The fourth-order valence-corrected chi connectivity index (χ4v) is 3.11. The minimum absolute atomic E-state index is 0.0501. The summed E-state index contributed by atoms with van der Waals surface area (Å²) in [7, 11) is -3.83. The van der Waals surface area contributed by atoms with E-state index in [4.69, 9.17) is 9.88 Å². The van der Waals surface area contributed by atoms with Crippen LogP contribution in [0.15, 0.2) is 59.5 Å². The number of rotatable bonds is 6. The highest BCUT2D eigenvalue weighted by atomic mass is 32.2. The summed E-state index contributed by atoms with van der Waals surface area (Å²) in [6.07, 6.45) is -0.673. The number of primary sulfonamides is 1. The van der Waals surface area contributed by atoms with E-state index in [1.165, 1.54) is 36.4 Å². The van der Waals surface area contributed by atoms with Gasteiger partial charge in [-0.2, -0.15) is 5.10 Å². The van der Waals surface area contributed by atoms with Crippen molar-refractivity contribution in [2.45, 2.75) is 24.3 Å². The smallest absolute Gasteiger partial charge is 0.306 e. The number of hydrogen-bond acceptors (Lipinski definition) is 5. The Morgan fingerprint density at radius 2 is 1.82 bits per heavy atom. The molecule has 28 heavy (non-hydrogen) atoms. The van der Waals surface area contributed by atoms with Gasteiger partial charge in [0.1, 0.15) is 11.5 Å².